The number of hydrogen-bond acceptors (Lipinski definition) is 2. The van der Waals surface area contributed by atoms with Gasteiger partial charge in [0, 0.05) is 5.56 Å². The number of carbonyl (C=O) groups is 1. The fourth-order valence-corrected chi connectivity index (χ4v) is 1.88. The van der Waals surface area contributed by atoms with E-state index in [1.165, 1.54) is 18.2 Å². The zero-order chi connectivity index (χ0) is 13.8. The number of rotatable bonds is 4. The summed E-state index contributed by atoms with van der Waals surface area (Å²) >= 11 is 5.81. The highest BCUT2D eigenvalue weighted by molar-refractivity contribution is 6.32. The molecule has 0 amide bonds. The summed E-state index contributed by atoms with van der Waals surface area (Å²) in [4.78, 5) is 11.9. The first kappa shape index (κ1) is 13.6. The number of para-hydroxylation sites is 1. The number of benzene rings is 2. The quantitative estimate of drug-likeness (QED) is 0.789. The standard InChI is InChI=1S/C15H12ClFO2/c1-10-4-2-5-11(8-10)14(18)9-19-15-12(16)6-3-7-13(15)17/h2-8H,9H2,1H3. The summed E-state index contributed by atoms with van der Waals surface area (Å²) in [5, 5.41) is 0.150. The van der Waals surface area contributed by atoms with E-state index in [4.69, 9.17) is 16.3 Å². The topological polar surface area (TPSA) is 26.3 Å². The van der Waals surface area contributed by atoms with E-state index in [1.807, 2.05) is 13.0 Å². The minimum absolute atomic E-state index is 0.0924. The summed E-state index contributed by atoms with van der Waals surface area (Å²) in [6.45, 7) is 1.65. The Labute approximate surface area is 115 Å². The molecule has 0 aliphatic carbocycles. The van der Waals surface area contributed by atoms with Gasteiger partial charge in [-0.15, -0.1) is 0 Å². The second-order valence-electron chi connectivity index (χ2n) is 4.13. The minimum Gasteiger partial charge on any atom is -0.481 e. The van der Waals surface area contributed by atoms with Crippen LogP contribution in [-0.4, -0.2) is 12.4 Å². The normalized spacial score (nSPS) is 10.3. The van der Waals surface area contributed by atoms with Gasteiger partial charge in [0.2, 0.25) is 0 Å². The van der Waals surface area contributed by atoms with Crippen molar-refractivity contribution in [3.05, 3.63) is 64.4 Å². The van der Waals surface area contributed by atoms with E-state index in [0.29, 0.717) is 5.56 Å². The van der Waals surface area contributed by atoms with Crippen LogP contribution in [0.15, 0.2) is 42.5 Å². The maximum absolute atomic E-state index is 13.4. The Morgan fingerprint density at radius 3 is 2.68 bits per heavy atom. The van der Waals surface area contributed by atoms with Gasteiger partial charge >= 0.3 is 0 Å². The molecule has 2 rings (SSSR count). The highest BCUT2D eigenvalue weighted by atomic mass is 35.5. The zero-order valence-corrected chi connectivity index (χ0v) is 11.1. The monoisotopic (exact) mass is 278 g/mol. The Kier molecular flexibility index (Phi) is 4.17. The molecule has 0 aliphatic heterocycles. The van der Waals surface area contributed by atoms with Gasteiger partial charge in [-0.25, -0.2) is 4.39 Å². The Hall–Kier alpha value is -1.87. The van der Waals surface area contributed by atoms with Crippen molar-refractivity contribution in [1.82, 2.24) is 0 Å². The van der Waals surface area contributed by atoms with Crippen molar-refractivity contribution in [1.29, 1.82) is 0 Å². The summed E-state index contributed by atoms with van der Waals surface area (Å²) in [5.41, 5.74) is 1.52. The Balaban J connectivity index is 2.09. The molecule has 0 spiro atoms. The largest absolute Gasteiger partial charge is 0.481 e. The average molecular weight is 279 g/mol. The molecule has 2 aromatic rings. The van der Waals surface area contributed by atoms with Crippen LogP contribution in [0.2, 0.25) is 5.02 Å². The predicted molar refractivity (Wildman–Crippen MR) is 72.4 cm³/mol. The third-order valence-electron chi connectivity index (χ3n) is 2.61. The molecular weight excluding hydrogens is 267 g/mol. The number of ketones is 1. The second kappa shape index (κ2) is 5.85. The first-order valence-corrected chi connectivity index (χ1v) is 6.12. The van der Waals surface area contributed by atoms with Crippen LogP contribution in [0.4, 0.5) is 4.39 Å². The Morgan fingerprint density at radius 2 is 2.00 bits per heavy atom. The van der Waals surface area contributed by atoms with Gasteiger partial charge in [-0.1, -0.05) is 41.4 Å². The predicted octanol–water partition coefficient (Wildman–Crippen LogP) is 4.05. The minimum atomic E-state index is -0.579. The third kappa shape index (κ3) is 3.32. The highest BCUT2D eigenvalue weighted by Gasteiger charge is 2.12. The van der Waals surface area contributed by atoms with E-state index in [-0.39, 0.29) is 23.2 Å². The highest BCUT2D eigenvalue weighted by Crippen LogP contribution is 2.27. The van der Waals surface area contributed by atoms with E-state index in [9.17, 15) is 9.18 Å². The fourth-order valence-electron chi connectivity index (χ4n) is 1.66. The number of halogens is 2. The van der Waals surface area contributed by atoms with Crippen molar-refractivity contribution in [3.8, 4) is 5.75 Å². The van der Waals surface area contributed by atoms with Crippen LogP contribution >= 0.6 is 11.6 Å². The maximum Gasteiger partial charge on any atom is 0.200 e. The molecule has 2 aromatic carbocycles. The van der Waals surface area contributed by atoms with Gasteiger partial charge in [-0.3, -0.25) is 4.79 Å². The molecule has 0 N–H and O–H groups in total. The molecule has 19 heavy (non-hydrogen) atoms. The molecule has 0 heterocycles. The van der Waals surface area contributed by atoms with Gasteiger partial charge in [-0.05, 0) is 25.1 Å². The lowest BCUT2D eigenvalue weighted by atomic mass is 10.1. The second-order valence-corrected chi connectivity index (χ2v) is 4.54. The van der Waals surface area contributed by atoms with Gasteiger partial charge in [0.25, 0.3) is 0 Å². The van der Waals surface area contributed by atoms with Crippen LogP contribution in [0.25, 0.3) is 0 Å². The molecule has 0 atom stereocenters. The van der Waals surface area contributed by atoms with Crippen LogP contribution in [-0.2, 0) is 0 Å². The van der Waals surface area contributed by atoms with Crippen molar-refractivity contribution in [2.75, 3.05) is 6.61 Å². The zero-order valence-electron chi connectivity index (χ0n) is 10.3. The molecule has 0 saturated heterocycles. The lowest BCUT2D eigenvalue weighted by molar-refractivity contribution is 0.0919. The summed E-state index contributed by atoms with van der Waals surface area (Å²) in [7, 11) is 0. The summed E-state index contributed by atoms with van der Waals surface area (Å²) < 4.78 is 18.6. The average Bonchev–Trinajstić information content (AvgIpc) is 2.38. The summed E-state index contributed by atoms with van der Waals surface area (Å²) in [5.74, 6) is -0.891. The number of Topliss-reactive ketones (excluding diaryl/α,β-unsaturated/α-hetero) is 1. The number of ether oxygens (including phenoxy) is 1. The van der Waals surface area contributed by atoms with Gasteiger partial charge in [0.05, 0.1) is 5.02 Å². The molecule has 4 heteroatoms. The van der Waals surface area contributed by atoms with Gasteiger partial charge in [-0.2, -0.15) is 0 Å². The molecule has 0 saturated carbocycles. The van der Waals surface area contributed by atoms with Gasteiger partial charge in [0.1, 0.15) is 0 Å². The van der Waals surface area contributed by atoms with Crippen LogP contribution in [0.3, 0.4) is 0 Å². The smallest absolute Gasteiger partial charge is 0.200 e. The summed E-state index contributed by atoms with van der Waals surface area (Å²) in [6, 6.07) is 11.4. The lowest BCUT2D eigenvalue weighted by Gasteiger charge is -2.08. The van der Waals surface area contributed by atoms with Gasteiger partial charge in [0.15, 0.2) is 24.0 Å². The molecule has 98 valence electrons. The molecule has 0 aliphatic rings. The lowest BCUT2D eigenvalue weighted by Crippen LogP contribution is -2.12. The van der Waals surface area contributed by atoms with E-state index in [0.717, 1.165) is 5.56 Å². The van der Waals surface area contributed by atoms with Crippen LogP contribution in [0.5, 0.6) is 5.75 Å². The molecule has 0 unspecified atom stereocenters. The van der Waals surface area contributed by atoms with E-state index < -0.39 is 5.82 Å². The molecule has 0 fully saturated rings. The van der Waals surface area contributed by atoms with Gasteiger partial charge < -0.3 is 4.74 Å². The first-order valence-electron chi connectivity index (χ1n) is 5.74. The molecule has 0 radical (unpaired) electrons. The maximum atomic E-state index is 13.4. The van der Waals surface area contributed by atoms with Crippen molar-refractivity contribution < 1.29 is 13.9 Å². The van der Waals surface area contributed by atoms with E-state index >= 15 is 0 Å². The first-order chi connectivity index (χ1) is 9.08. The van der Waals surface area contributed by atoms with E-state index in [1.54, 1.807) is 18.2 Å². The Morgan fingerprint density at radius 1 is 1.26 bits per heavy atom. The summed E-state index contributed by atoms with van der Waals surface area (Å²) in [6.07, 6.45) is 0. The van der Waals surface area contributed by atoms with Crippen LogP contribution in [0, 0.1) is 12.7 Å². The molecule has 2 nitrogen and oxygen atoms in total. The number of aryl methyl sites for hydroxylation is 1. The van der Waals surface area contributed by atoms with Crippen molar-refractivity contribution in [2.24, 2.45) is 0 Å². The fraction of sp³-hybridized carbons (Fsp3) is 0.133. The van der Waals surface area contributed by atoms with E-state index in [2.05, 4.69) is 0 Å². The number of hydrogen-bond donors (Lipinski definition) is 0. The van der Waals surface area contributed by atoms with Crippen LogP contribution < -0.4 is 4.74 Å². The molecule has 0 aromatic heterocycles. The van der Waals surface area contributed by atoms with Crippen molar-refractivity contribution in [3.63, 3.8) is 0 Å². The molecule has 0 bridgehead atoms. The third-order valence-corrected chi connectivity index (χ3v) is 2.90. The molecular formula is C15H12ClFO2. The van der Waals surface area contributed by atoms with Crippen LogP contribution in [0.1, 0.15) is 15.9 Å². The number of carbonyl (C=O) groups excluding carboxylic acids is 1. The van der Waals surface area contributed by atoms with Crippen molar-refractivity contribution >= 4 is 17.4 Å². The SMILES string of the molecule is Cc1cccc(C(=O)COc2c(F)cccc2Cl)c1. The Bertz CT molecular complexity index is 591. The van der Waals surface area contributed by atoms with Crippen molar-refractivity contribution in [2.45, 2.75) is 6.92 Å².